The summed E-state index contributed by atoms with van der Waals surface area (Å²) in [5, 5.41) is 20.2. The molecule has 0 spiro atoms. The molecule has 2 fully saturated rings. The fraction of sp³-hybridized carbons (Fsp3) is 0.917. The fourth-order valence-electron chi connectivity index (χ4n) is 3.10. The van der Waals surface area contributed by atoms with Gasteiger partial charge in [0.1, 0.15) is 11.0 Å². The van der Waals surface area contributed by atoms with Gasteiger partial charge in [-0.1, -0.05) is 6.92 Å². The minimum Gasteiger partial charge on any atom is -0.481 e. The average molecular weight is 243 g/mol. The van der Waals surface area contributed by atoms with Crippen LogP contribution in [-0.2, 0) is 9.53 Å². The lowest BCUT2D eigenvalue weighted by atomic mass is 9.66. The molecule has 5 heteroatoms. The fourth-order valence-corrected chi connectivity index (χ4v) is 3.10. The molecule has 2 aliphatic rings. The highest BCUT2D eigenvalue weighted by molar-refractivity contribution is 5.77. The maximum absolute atomic E-state index is 11.7. The Kier molecular flexibility index (Phi) is 3.43. The van der Waals surface area contributed by atoms with Crippen LogP contribution in [0.1, 0.15) is 26.2 Å². The molecule has 17 heavy (non-hydrogen) atoms. The van der Waals surface area contributed by atoms with Crippen molar-refractivity contribution >= 4 is 5.97 Å². The lowest BCUT2D eigenvalue weighted by Crippen LogP contribution is -2.61. The van der Waals surface area contributed by atoms with E-state index in [0.717, 1.165) is 19.5 Å². The lowest BCUT2D eigenvalue weighted by molar-refractivity contribution is -0.178. The molecule has 2 atom stereocenters. The third-order valence-electron chi connectivity index (χ3n) is 4.32. The minimum atomic E-state index is -1.20. The number of carboxylic acids is 1. The molecule has 2 N–H and O–H groups in total. The van der Waals surface area contributed by atoms with Crippen LogP contribution >= 0.6 is 0 Å². The third kappa shape index (κ3) is 1.96. The molecule has 0 aromatic carbocycles. The maximum atomic E-state index is 11.7. The Morgan fingerprint density at radius 1 is 1.47 bits per heavy atom. The van der Waals surface area contributed by atoms with Gasteiger partial charge in [0.05, 0.1) is 6.61 Å². The molecule has 0 bridgehead atoms. The SMILES string of the molecule is CCN1CCCC(C(=O)O)(C2(O)CCOC2)C1. The molecule has 0 aliphatic carbocycles. The van der Waals surface area contributed by atoms with Crippen molar-refractivity contribution in [2.75, 3.05) is 32.8 Å². The Balaban J connectivity index is 2.28. The first kappa shape index (κ1) is 12.8. The van der Waals surface area contributed by atoms with E-state index in [1.54, 1.807) is 0 Å². The quantitative estimate of drug-likeness (QED) is 0.747. The van der Waals surface area contributed by atoms with Gasteiger partial charge in [-0.25, -0.2) is 0 Å². The zero-order valence-corrected chi connectivity index (χ0v) is 10.3. The van der Waals surface area contributed by atoms with Crippen molar-refractivity contribution in [1.29, 1.82) is 0 Å². The van der Waals surface area contributed by atoms with Crippen LogP contribution in [0.4, 0.5) is 0 Å². The first-order valence-electron chi connectivity index (χ1n) is 6.30. The van der Waals surface area contributed by atoms with Crippen molar-refractivity contribution in [1.82, 2.24) is 4.90 Å². The Morgan fingerprint density at radius 3 is 2.76 bits per heavy atom. The van der Waals surface area contributed by atoms with Gasteiger partial charge in [-0.2, -0.15) is 0 Å². The van der Waals surface area contributed by atoms with Gasteiger partial charge >= 0.3 is 5.97 Å². The molecule has 0 radical (unpaired) electrons. The molecule has 0 aromatic rings. The van der Waals surface area contributed by atoms with Gasteiger partial charge in [-0.15, -0.1) is 0 Å². The second-order valence-electron chi connectivity index (χ2n) is 5.19. The molecular weight excluding hydrogens is 222 g/mol. The number of nitrogens with zero attached hydrogens (tertiary/aromatic N) is 1. The first-order valence-corrected chi connectivity index (χ1v) is 6.30. The Morgan fingerprint density at radius 2 is 2.24 bits per heavy atom. The van der Waals surface area contributed by atoms with Crippen LogP contribution < -0.4 is 0 Å². The molecule has 98 valence electrons. The predicted octanol–water partition coefficient (Wildman–Crippen LogP) is 0.324. The topological polar surface area (TPSA) is 70.0 Å². The summed E-state index contributed by atoms with van der Waals surface area (Å²) in [5.74, 6) is -0.886. The van der Waals surface area contributed by atoms with E-state index in [9.17, 15) is 15.0 Å². The molecule has 2 heterocycles. The second-order valence-corrected chi connectivity index (χ2v) is 5.19. The van der Waals surface area contributed by atoms with E-state index in [2.05, 4.69) is 4.90 Å². The summed E-state index contributed by atoms with van der Waals surface area (Å²) in [6, 6.07) is 0. The number of likely N-dealkylation sites (tertiary alicyclic amines) is 1. The summed E-state index contributed by atoms with van der Waals surface area (Å²) in [6.07, 6.45) is 1.79. The molecule has 0 amide bonds. The summed E-state index contributed by atoms with van der Waals surface area (Å²) >= 11 is 0. The number of hydrogen-bond acceptors (Lipinski definition) is 4. The van der Waals surface area contributed by atoms with Crippen LogP contribution in [0, 0.1) is 5.41 Å². The maximum Gasteiger partial charge on any atom is 0.313 e. The van der Waals surface area contributed by atoms with E-state index in [1.165, 1.54) is 0 Å². The summed E-state index contributed by atoms with van der Waals surface area (Å²) in [4.78, 5) is 13.8. The van der Waals surface area contributed by atoms with Gasteiger partial charge in [0, 0.05) is 19.6 Å². The highest BCUT2D eigenvalue weighted by Gasteiger charge is 2.58. The van der Waals surface area contributed by atoms with Crippen LogP contribution in [0.25, 0.3) is 0 Å². The molecule has 0 aromatic heterocycles. The first-order chi connectivity index (χ1) is 8.04. The highest BCUT2D eigenvalue weighted by atomic mass is 16.5. The smallest absolute Gasteiger partial charge is 0.313 e. The number of rotatable bonds is 3. The standard InChI is InChI=1S/C12H21NO4/c1-2-13-6-3-4-11(8-13,10(14)15)12(16)5-7-17-9-12/h16H,2-9H2,1H3,(H,14,15). The van der Waals surface area contributed by atoms with Gasteiger partial charge in [-0.3, -0.25) is 4.79 Å². The number of hydrogen-bond donors (Lipinski definition) is 2. The zero-order chi connectivity index (χ0) is 12.5. The Labute approximate surface area is 101 Å². The van der Waals surface area contributed by atoms with E-state index in [-0.39, 0.29) is 6.61 Å². The molecular formula is C12H21NO4. The van der Waals surface area contributed by atoms with Crippen molar-refractivity contribution < 1.29 is 19.7 Å². The largest absolute Gasteiger partial charge is 0.481 e. The summed E-state index contributed by atoms with van der Waals surface area (Å²) in [5.41, 5.74) is -2.26. The molecule has 2 unspecified atom stereocenters. The van der Waals surface area contributed by atoms with E-state index in [4.69, 9.17) is 4.74 Å². The van der Waals surface area contributed by atoms with Gasteiger partial charge in [-0.05, 0) is 25.9 Å². The molecule has 2 aliphatic heterocycles. The van der Waals surface area contributed by atoms with Crippen LogP contribution in [-0.4, -0.2) is 59.5 Å². The molecule has 2 saturated heterocycles. The van der Waals surface area contributed by atoms with E-state index in [0.29, 0.717) is 26.0 Å². The third-order valence-corrected chi connectivity index (χ3v) is 4.32. The molecule has 2 rings (SSSR count). The Hall–Kier alpha value is -0.650. The van der Waals surface area contributed by atoms with Crippen molar-refractivity contribution in [3.8, 4) is 0 Å². The number of carbonyl (C=O) groups is 1. The number of aliphatic hydroxyl groups is 1. The minimum absolute atomic E-state index is 0.150. The summed E-state index contributed by atoms with van der Waals surface area (Å²) < 4.78 is 5.23. The number of ether oxygens (including phenoxy) is 1. The van der Waals surface area contributed by atoms with Crippen LogP contribution in [0.15, 0.2) is 0 Å². The van der Waals surface area contributed by atoms with Crippen molar-refractivity contribution in [2.24, 2.45) is 5.41 Å². The van der Waals surface area contributed by atoms with Crippen LogP contribution in [0.5, 0.6) is 0 Å². The zero-order valence-electron chi connectivity index (χ0n) is 10.3. The van der Waals surface area contributed by atoms with Gasteiger partial charge in [0.25, 0.3) is 0 Å². The van der Waals surface area contributed by atoms with Gasteiger partial charge in [0.2, 0.25) is 0 Å². The summed E-state index contributed by atoms with van der Waals surface area (Å²) in [6.45, 7) is 4.80. The number of piperidine rings is 1. The van der Waals surface area contributed by atoms with E-state index < -0.39 is 17.0 Å². The van der Waals surface area contributed by atoms with Gasteiger partial charge in [0.15, 0.2) is 0 Å². The highest BCUT2D eigenvalue weighted by Crippen LogP contribution is 2.44. The summed E-state index contributed by atoms with van der Waals surface area (Å²) in [7, 11) is 0. The van der Waals surface area contributed by atoms with Crippen LogP contribution in [0.2, 0.25) is 0 Å². The molecule has 5 nitrogen and oxygen atoms in total. The Bertz CT molecular complexity index is 301. The molecule has 0 saturated carbocycles. The van der Waals surface area contributed by atoms with E-state index >= 15 is 0 Å². The average Bonchev–Trinajstić information content (AvgIpc) is 2.77. The van der Waals surface area contributed by atoms with Crippen molar-refractivity contribution in [3.63, 3.8) is 0 Å². The van der Waals surface area contributed by atoms with Crippen molar-refractivity contribution in [2.45, 2.75) is 31.8 Å². The predicted molar refractivity (Wildman–Crippen MR) is 61.8 cm³/mol. The van der Waals surface area contributed by atoms with E-state index in [1.807, 2.05) is 6.92 Å². The van der Waals surface area contributed by atoms with Crippen LogP contribution in [0.3, 0.4) is 0 Å². The van der Waals surface area contributed by atoms with Gasteiger partial charge < -0.3 is 19.8 Å². The van der Waals surface area contributed by atoms with Crippen molar-refractivity contribution in [3.05, 3.63) is 0 Å². The second kappa shape index (κ2) is 4.55. The number of carboxylic acid groups (broad SMARTS) is 1. The monoisotopic (exact) mass is 243 g/mol. The normalized spacial score (nSPS) is 39.4. The number of aliphatic carboxylic acids is 1. The lowest BCUT2D eigenvalue weighted by Gasteiger charge is -2.47.